The molecule has 28 heavy (non-hydrogen) atoms. The lowest BCUT2D eigenvalue weighted by atomic mass is 10.1. The minimum atomic E-state index is -3.75. The Labute approximate surface area is 165 Å². The minimum absolute atomic E-state index is 0.0902. The van der Waals surface area contributed by atoms with Gasteiger partial charge in [0.05, 0.1) is 9.82 Å². The number of piperidine rings is 1. The molecule has 0 atom stereocenters. The Morgan fingerprint density at radius 3 is 2.43 bits per heavy atom. The van der Waals surface area contributed by atoms with Crippen molar-refractivity contribution in [1.82, 2.24) is 4.72 Å². The Bertz CT molecular complexity index is 907. The summed E-state index contributed by atoms with van der Waals surface area (Å²) in [6.07, 6.45) is 5.20. The van der Waals surface area contributed by atoms with Gasteiger partial charge < -0.3 is 4.90 Å². The van der Waals surface area contributed by atoms with Crippen LogP contribution < -0.4 is 9.62 Å². The summed E-state index contributed by atoms with van der Waals surface area (Å²) in [7, 11) is -3.75. The van der Waals surface area contributed by atoms with Crippen LogP contribution in [0, 0.1) is 10.1 Å². The van der Waals surface area contributed by atoms with E-state index in [4.69, 9.17) is 0 Å². The molecule has 0 aliphatic carbocycles. The van der Waals surface area contributed by atoms with E-state index < -0.39 is 14.9 Å². The predicted molar refractivity (Wildman–Crippen MR) is 109 cm³/mol. The van der Waals surface area contributed by atoms with E-state index in [2.05, 4.69) is 33.9 Å². The fraction of sp³-hybridized carbons (Fsp3) is 0.400. The first-order valence-corrected chi connectivity index (χ1v) is 11.0. The van der Waals surface area contributed by atoms with Crippen LogP contribution >= 0.6 is 0 Å². The highest BCUT2D eigenvalue weighted by Crippen LogP contribution is 2.21. The number of nitro benzene ring substituents is 1. The maximum Gasteiger partial charge on any atom is 0.270 e. The lowest BCUT2D eigenvalue weighted by Crippen LogP contribution is -2.29. The zero-order valence-electron chi connectivity index (χ0n) is 15.7. The molecule has 1 saturated heterocycles. The highest BCUT2D eigenvalue weighted by Gasteiger charge is 2.17. The molecule has 1 fully saturated rings. The summed E-state index contributed by atoms with van der Waals surface area (Å²) in [5.74, 6) is 0. The molecule has 0 amide bonds. The topological polar surface area (TPSA) is 92.5 Å². The highest BCUT2D eigenvalue weighted by atomic mass is 32.2. The van der Waals surface area contributed by atoms with Gasteiger partial charge in [-0.25, -0.2) is 13.1 Å². The van der Waals surface area contributed by atoms with E-state index >= 15 is 0 Å². The number of hydrogen-bond acceptors (Lipinski definition) is 5. The van der Waals surface area contributed by atoms with Gasteiger partial charge in [0, 0.05) is 37.5 Å². The Hall–Kier alpha value is -2.45. The van der Waals surface area contributed by atoms with Crippen LogP contribution in [0.25, 0.3) is 0 Å². The molecule has 2 aromatic carbocycles. The van der Waals surface area contributed by atoms with Gasteiger partial charge in [-0.2, -0.15) is 0 Å². The van der Waals surface area contributed by atoms with Crippen molar-refractivity contribution in [1.29, 1.82) is 0 Å². The standard InChI is InChI=1S/C20H25N3O4S/c24-23(25)19-7-4-8-20(16-19)28(26,27)21-13-5-6-17-9-11-18(12-10-17)22-14-2-1-3-15-22/h4,7-12,16,21H,1-3,5-6,13-15H2. The number of hydrogen-bond donors (Lipinski definition) is 1. The van der Waals surface area contributed by atoms with E-state index in [1.807, 2.05) is 0 Å². The second-order valence-electron chi connectivity index (χ2n) is 6.97. The quantitative estimate of drug-likeness (QED) is 0.414. The summed E-state index contributed by atoms with van der Waals surface area (Å²) in [6.45, 7) is 2.50. The van der Waals surface area contributed by atoms with Crippen LogP contribution in [0.3, 0.4) is 0 Å². The van der Waals surface area contributed by atoms with Gasteiger partial charge in [0.1, 0.15) is 0 Å². The van der Waals surface area contributed by atoms with E-state index in [-0.39, 0.29) is 17.1 Å². The average molecular weight is 404 g/mol. The number of aryl methyl sites for hydroxylation is 1. The molecule has 0 radical (unpaired) electrons. The predicted octanol–water partition coefficient (Wildman–Crippen LogP) is 3.50. The van der Waals surface area contributed by atoms with Crippen molar-refractivity contribution >= 4 is 21.4 Å². The van der Waals surface area contributed by atoms with Crippen molar-refractivity contribution in [3.8, 4) is 0 Å². The molecular weight excluding hydrogens is 378 g/mol. The lowest BCUT2D eigenvalue weighted by Gasteiger charge is -2.28. The molecule has 0 aromatic heterocycles. The molecule has 8 heteroatoms. The van der Waals surface area contributed by atoms with Gasteiger partial charge in [-0.15, -0.1) is 0 Å². The molecule has 7 nitrogen and oxygen atoms in total. The third-order valence-corrected chi connectivity index (χ3v) is 6.39. The number of nitrogens with one attached hydrogen (secondary N) is 1. The molecular formula is C20H25N3O4S. The zero-order valence-corrected chi connectivity index (χ0v) is 16.5. The summed E-state index contributed by atoms with van der Waals surface area (Å²) in [6, 6.07) is 13.5. The van der Waals surface area contributed by atoms with Crippen LogP contribution in [0.4, 0.5) is 11.4 Å². The number of rotatable bonds is 8. The van der Waals surface area contributed by atoms with Crippen molar-refractivity contribution in [2.45, 2.75) is 37.0 Å². The van der Waals surface area contributed by atoms with E-state index in [1.165, 1.54) is 43.1 Å². The van der Waals surface area contributed by atoms with E-state index in [0.29, 0.717) is 6.42 Å². The molecule has 0 bridgehead atoms. The van der Waals surface area contributed by atoms with Crippen LogP contribution in [0.5, 0.6) is 0 Å². The van der Waals surface area contributed by atoms with E-state index in [1.54, 1.807) is 0 Å². The number of benzene rings is 2. The second kappa shape index (κ2) is 9.16. The zero-order chi connectivity index (χ0) is 20.0. The summed E-state index contributed by atoms with van der Waals surface area (Å²) in [5, 5.41) is 10.8. The number of nitro groups is 1. The fourth-order valence-electron chi connectivity index (χ4n) is 3.37. The third kappa shape index (κ3) is 5.30. The normalized spacial score (nSPS) is 14.8. The van der Waals surface area contributed by atoms with Gasteiger partial charge in [-0.1, -0.05) is 18.2 Å². The van der Waals surface area contributed by atoms with Crippen molar-refractivity contribution in [2.24, 2.45) is 0 Å². The Morgan fingerprint density at radius 2 is 1.75 bits per heavy atom. The van der Waals surface area contributed by atoms with E-state index in [9.17, 15) is 18.5 Å². The van der Waals surface area contributed by atoms with Crippen molar-refractivity contribution in [3.05, 3.63) is 64.2 Å². The maximum absolute atomic E-state index is 12.3. The average Bonchev–Trinajstić information content (AvgIpc) is 2.72. The smallest absolute Gasteiger partial charge is 0.270 e. The summed E-state index contributed by atoms with van der Waals surface area (Å²) in [5.41, 5.74) is 2.17. The van der Waals surface area contributed by atoms with Crippen LogP contribution in [0.15, 0.2) is 53.4 Å². The Balaban J connectivity index is 1.49. The molecule has 0 spiro atoms. The highest BCUT2D eigenvalue weighted by molar-refractivity contribution is 7.89. The summed E-state index contributed by atoms with van der Waals surface area (Å²) >= 11 is 0. The summed E-state index contributed by atoms with van der Waals surface area (Å²) in [4.78, 5) is 12.5. The monoisotopic (exact) mass is 403 g/mol. The molecule has 2 aromatic rings. The number of sulfonamides is 1. The number of non-ortho nitro benzene ring substituents is 1. The van der Waals surface area contributed by atoms with Gasteiger partial charge >= 0.3 is 0 Å². The largest absolute Gasteiger partial charge is 0.372 e. The van der Waals surface area contributed by atoms with Gasteiger partial charge in [0.25, 0.3) is 5.69 Å². The van der Waals surface area contributed by atoms with Crippen molar-refractivity contribution in [2.75, 3.05) is 24.5 Å². The Kier molecular flexibility index (Phi) is 6.64. The van der Waals surface area contributed by atoms with E-state index in [0.717, 1.165) is 31.1 Å². The maximum atomic E-state index is 12.3. The molecule has 150 valence electrons. The fourth-order valence-corrected chi connectivity index (χ4v) is 4.49. The molecule has 1 aliphatic rings. The third-order valence-electron chi connectivity index (χ3n) is 4.93. The lowest BCUT2D eigenvalue weighted by molar-refractivity contribution is -0.385. The van der Waals surface area contributed by atoms with Crippen molar-refractivity contribution < 1.29 is 13.3 Å². The molecule has 1 N–H and O–H groups in total. The number of anilines is 1. The van der Waals surface area contributed by atoms with Crippen LogP contribution in [0.1, 0.15) is 31.2 Å². The van der Waals surface area contributed by atoms with Gasteiger partial charge in [-0.3, -0.25) is 10.1 Å². The Morgan fingerprint density at radius 1 is 1.04 bits per heavy atom. The van der Waals surface area contributed by atoms with Gasteiger partial charge in [0.15, 0.2) is 0 Å². The first-order valence-electron chi connectivity index (χ1n) is 9.54. The minimum Gasteiger partial charge on any atom is -0.372 e. The molecule has 1 heterocycles. The van der Waals surface area contributed by atoms with Gasteiger partial charge in [0.2, 0.25) is 10.0 Å². The van der Waals surface area contributed by atoms with Gasteiger partial charge in [-0.05, 0) is 55.9 Å². The molecule has 1 aliphatic heterocycles. The molecule has 0 unspecified atom stereocenters. The van der Waals surface area contributed by atoms with Crippen LogP contribution in [-0.2, 0) is 16.4 Å². The van der Waals surface area contributed by atoms with Crippen molar-refractivity contribution in [3.63, 3.8) is 0 Å². The molecule has 3 rings (SSSR count). The SMILES string of the molecule is O=[N+]([O-])c1cccc(S(=O)(=O)NCCCc2ccc(N3CCCCC3)cc2)c1. The summed E-state index contributed by atoms with van der Waals surface area (Å²) < 4.78 is 27.1. The molecule has 0 saturated carbocycles. The number of nitrogens with zero attached hydrogens (tertiary/aromatic N) is 2. The van der Waals surface area contributed by atoms with Crippen LogP contribution in [-0.4, -0.2) is 33.0 Å². The first-order chi connectivity index (χ1) is 13.5. The first kappa shape index (κ1) is 20.3. The second-order valence-corrected chi connectivity index (χ2v) is 8.74. The van der Waals surface area contributed by atoms with Crippen LogP contribution in [0.2, 0.25) is 0 Å².